The normalized spacial score (nSPS) is 10.0. The van der Waals surface area contributed by atoms with Crippen LogP contribution in [0.5, 0.6) is 5.75 Å². The first-order valence-electron chi connectivity index (χ1n) is 5.86. The van der Waals surface area contributed by atoms with Crippen molar-refractivity contribution in [2.75, 3.05) is 7.11 Å². The predicted molar refractivity (Wildman–Crippen MR) is 77.8 cm³/mol. The summed E-state index contributed by atoms with van der Waals surface area (Å²) < 4.78 is 5.63. The van der Waals surface area contributed by atoms with Crippen molar-refractivity contribution in [3.63, 3.8) is 0 Å². The minimum Gasteiger partial charge on any atom is -0.497 e. The molecule has 0 aliphatic heterocycles. The average molecular weight is 270 g/mol. The number of nitrogens with zero attached hydrogens (tertiary/aromatic N) is 1. The number of pyridine rings is 1. The zero-order valence-electron chi connectivity index (χ0n) is 11.1. The lowest BCUT2D eigenvalue weighted by Crippen LogP contribution is -1.97. The van der Waals surface area contributed by atoms with Gasteiger partial charge in [-0.05, 0) is 37.1 Å². The number of benzene rings is 1. The Morgan fingerprint density at radius 2 is 1.84 bits per heavy atom. The lowest BCUT2D eigenvalue weighted by molar-refractivity contribution is 0.415. The molecule has 0 spiro atoms. The third-order valence-corrected chi connectivity index (χ3v) is 3.51. The van der Waals surface area contributed by atoms with Crippen LogP contribution < -0.4 is 4.74 Å². The van der Waals surface area contributed by atoms with E-state index in [2.05, 4.69) is 11.1 Å². The maximum absolute atomic E-state index is 9.32. The van der Waals surface area contributed by atoms with E-state index in [9.17, 15) is 5.26 Å². The Morgan fingerprint density at radius 1 is 1.21 bits per heavy atom. The fourth-order valence-electron chi connectivity index (χ4n) is 2.04. The minimum absolute atomic E-state index is 0.483. The topological polar surface area (TPSA) is 48.8 Å². The molecule has 2 rings (SSSR count). The molecule has 0 saturated carbocycles. The van der Waals surface area contributed by atoms with Gasteiger partial charge in [0.05, 0.1) is 12.7 Å². The number of ether oxygens (including phenoxy) is 1. The molecule has 0 fully saturated rings. The van der Waals surface area contributed by atoms with Gasteiger partial charge in [-0.15, -0.1) is 0 Å². The van der Waals surface area contributed by atoms with E-state index in [1.807, 2.05) is 38.1 Å². The molecule has 0 bridgehead atoms. The van der Waals surface area contributed by atoms with Crippen molar-refractivity contribution in [2.24, 2.45) is 0 Å². The summed E-state index contributed by atoms with van der Waals surface area (Å²) in [5, 5.41) is 9.32. The Labute approximate surface area is 117 Å². The standard InChI is InChI=1S/C15H14N2OS/c1-9-10(2)17-15(19)13(8-16)14(9)11-4-6-12(18-3)7-5-11/h4-7H,1-3H3,(H,17,19). The van der Waals surface area contributed by atoms with Crippen molar-refractivity contribution in [3.8, 4) is 22.9 Å². The fraction of sp³-hybridized carbons (Fsp3) is 0.200. The van der Waals surface area contributed by atoms with Crippen LogP contribution in [0.2, 0.25) is 0 Å². The molecule has 2 aromatic rings. The van der Waals surface area contributed by atoms with E-state index in [1.165, 1.54) is 0 Å². The van der Waals surface area contributed by atoms with Crippen LogP contribution in [0.4, 0.5) is 0 Å². The Bertz CT molecular complexity index is 709. The Kier molecular flexibility index (Phi) is 3.68. The smallest absolute Gasteiger partial charge is 0.122 e. The molecular formula is C15H14N2OS. The molecule has 0 atom stereocenters. The van der Waals surface area contributed by atoms with Gasteiger partial charge < -0.3 is 9.72 Å². The van der Waals surface area contributed by atoms with E-state index in [4.69, 9.17) is 17.0 Å². The van der Waals surface area contributed by atoms with Crippen LogP contribution in [0.1, 0.15) is 16.8 Å². The third-order valence-electron chi connectivity index (χ3n) is 3.21. The SMILES string of the molecule is COc1ccc(-c2c(C)c(C)[nH]c(=S)c2C#N)cc1. The summed E-state index contributed by atoms with van der Waals surface area (Å²) in [7, 11) is 1.63. The van der Waals surface area contributed by atoms with Crippen molar-refractivity contribution in [1.82, 2.24) is 4.98 Å². The molecule has 1 heterocycles. The number of aromatic amines is 1. The molecule has 19 heavy (non-hydrogen) atoms. The largest absolute Gasteiger partial charge is 0.497 e. The fourth-order valence-corrected chi connectivity index (χ4v) is 2.34. The third kappa shape index (κ3) is 2.38. The molecule has 1 N–H and O–H groups in total. The van der Waals surface area contributed by atoms with Crippen LogP contribution >= 0.6 is 12.2 Å². The number of methoxy groups -OCH3 is 1. The van der Waals surface area contributed by atoms with E-state index in [-0.39, 0.29) is 0 Å². The summed E-state index contributed by atoms with van der Waals surface area (Å²) in [6.07, 6.45) is 0. The van der Waals surface area contributed by atoms with Gasteiger partial charge in [-0.25, -0.2) is 0 Å². The van der Waals surface area contributed by atoms with E-state index in [0.29, 0.717) is 10.2 Å². The molecular weight excluding hydrogens is 256 g/mol. The van der Waals surface area contributed by atoms with Crippen LogP contribution in [0.15, 0.2) is 24.3 Å². The maximum Gasteiger partial charge on any atom is 0.122 e. The zero-order valence-corrected chi connectivity index (χ0v) is 11.9. The minimum atomic E-state index is 0.483. The van der Waals surface area contributed by atoms with Gasteiger partial charge in [-0.3, -0.25) is 0 Å². The monoisotopic (exact) mass is 270 g/mol. The molecule has 0 aliphatic carbocycles. The number of H-pyrrole nitrogens is 1. The van der Waals surface area contributed by atoms with Crippen LogP contribution in [-0.4, -0.2) is 12.1 Å². The van der Waals surface area contributed by atoms with E-state index in [1.54, 1.807) is 7.11 Å². The first-order valence-corrected chi connectivity index (χ1v) is 6.27. The highest BCUT2D eigenvalue weighted by Crippen LogP contribution is 2.30. The molecule has 1 aromatic heterocycles. The number of aromatic nitrogens is 1. The first-order chi connectivity index (χ1) is 9.08. The number of nitrogens with one attached hydrogen (secondary N) is 1. The van der Waals surface area contributed by atoms with Gasteiger partial charge in [0.25, 0.3) is 0 Å². The van der Waals surface area contributed by atoms with Gasteiger partial charge in [0, 0.05) is 11.3 Å². The maximum atomic E-state index is 9.32. The summed E-state index contributed by atoms with van der Waals surface area (Å²) in [5.41, 5.74) is 4.40. The molecule has 4 heteroatoms. The number of hydrogen-bond acceptors (Lipinski definition) is 3. The van der Waals surface area contributed by atoms with Gasteiger partial charge >= 0.3 is 0 Å². The highest BCUT2D eigenvalue weighted by atomic mass is 32.1. The second-order valence-electron chi connectivity index (χ2n) is 4.29. The van der Waals surface area contributed by atoms with Gasteiger partial charge in [0.15, 0.2) is 0 Å². The number of hydrogen-bond donors (Lipinski definition) is 1. The highest BCUT2D eigenvalue weighted by molar-refractivity contribution is 7.71. The predicted octanol–water partition coefficient (Wildman–Crippen LogP) is 3.91. The Morgan fingerprint density at radius 3 is 2.37 bits per heavy atom. The van der Waals surface area contributed by atoms with Crippen molar-refractivity contribution in [2.45, 2.75) is 13.8 Å². The first kappa shape index (κ1) is 13.3. The second kappa shape index (κ2) is 5.25. The quantitative estimate of drug-likeness (QED) is 0.842. The van der Waals surface area contributed by atoms with E-state index in [0.717, 1.165) is 28.1 Å². The summed E-state index contributed by atoms with van der Waals surface area (Å²) in [5.74, 6) is 0.790. The molecule has 0 radical (unpaired) electrons. The van der Waals surface area contributed by atoms with Gasteiger partial charge in [-0.1, -0.05) is 24.4 Å². The molecule has 96 valence electrons. The Hall–Kier alpha value is -2.12. The van der Waals surface area contributed by atoms with E-state index >= 15 is 0 Å². The summed E-state index contributed by atoms with van der Waals surface area (Å²) in [4.78, 5) is 3.06. The van der Waals surface area contributed by atoms with Gasteiger partial charge in [0.2, 0.25) is 0 Å². The van der Waals surface area contributed by atoms with Crippen LogP contribution in [0.3, 0.4) is 0 Å². The van der Waals surface area contributed by atoms with Crippen LogP contribution in [-0.2, 0) is 0 Å². The van der Waals surface area contributed by atoms with Gasteiger partial charge in [0.1, 0.15) is 16.5 Å². The van der Waals surface area contributed by atoms with Crippen molar-refractivity contribution >= 4 is 12.2 Å². The van der Waals surface area contributed by atoms with E-state index < -0.39 is 0 Å². The average Bonchev–Trinajstić information content (AvgIpc) is 2.42. The summed E-state index contributed by atoms with van der Waals surface area (Å²) in [6, 6.07) is 9.83. The van der Waals surface area contributed by atoms with Crippen LogP contribution in [0, 0.1) is 29.8 Å². The summed E-state index contributed by atoms with van der Waals surface area (Å²) in [6.45, 7) is 3.94. The molecule has 0 saturated heterocycles. The second-order valence-corrected chi connectivity index (χ2v) is 4.70. The molecule has 1 aromatic carbocycles. The molecule has 0 amide bonds. The number of aryl methyl sites for hydroxylation is 1. The van der Waals surface area contributed by atoms with Crippen molar-refractivity contribution in [1.29, 1.82) is 5.26 Å². The molecule has 3 nitrogen and oxygen atoms in total. The van der Waals surface area contributed by atoms with Crippen molar-refractivity contribution in [3.05, 3.63) is 45.7 Å². The lowest BCUT2D eigenvalue weighted by Gasteiger charge is -2.12. The van der Waals surface area contributed by atoms with Crippen molar-refractivity contribution < 1.29 is 4.74 Å². The molecule has 0 unspecified atom stereocenters. The number of rotatable bonds is 2. The summed E-state index contributed by atoms with van der Waals surface area (Å²) >= 11 is 5.23. The Balaban J connectivity index is 2.73. The molecule has 0 aliphatic rings. The zero-order chi connectivity index (χ0) is 14.0. The van der Waals surface area contributed by atoms with Gasteiger partial charge in [-0.2, -0.15) is 5.26 Å². The van der Waals surface area contributed by atoms with Crippen LogP contribution in [0.25, 0.3) is 11.1 Å². The number of nitriles is 1. The highest BCUT2D eigenvalue weighted by Gasteiger charge is 2.12. The lowest BCUT2D eigenvalue weighted by atomic mass is 9.96.